The van der Waals surface area contributed by atoms with Gasteiger partial charge in [0.1, 0.15) is 5.60 Å². The van der Waals surface area contributed by atoms with Gasteiger partial charge in [-0.05, 0) is 85.3 Å². The molecule has 7 nitrogen and oxygen atoms in total. The van der Waals surface area contributed by atoms with E-state index in [9.17, 15) is 14.7 Å². The first-order valence-corrected chi connectivity index (χ1v) is 14.1. The van der Waals surface area contributed by atoms with Crippen LogP contribution in [0.15, 0.2) is 60.7 Å². The van der Waals surface area contributed by atoms with Crippen molar-refractivity contribution >= 4 is 29.1 Å². The lowest BCUT2D eigenvalue weighted by molar-refractivity contribution is -0.158. The summed E-state index contributed by atoms with van der Waals surface area (Å²) in [5.74, 6) is 1.44. The van der Waals surface area contributed by atoms with E-state index in [1.54, 1.807) is 16.9 Å². The fraction of sp³-hybridized carbons (Fsp3) is 0.375. The fourth-order valence-electron chi connectivity index (χ4n) is 5.77. The second kappa shape index (κ2) is 10.1. The minimum atomic E-state index is -1.07. The van der Waals surface area contributed by atoms with Crippen LogP contribution < -0.4 is 14.4 Å². The lowest BCUT2D eigenvalue weighted by atomic mass is 9.84. The van der Waals surface area contributed by atoms with Gasteiger partial charge in [-0.2, -0.15) is 0 Å². The maximum atomic E-state index is 13.7. The maximum Gasteiger partial charge on any atom is 0.232 e. The van der Waals surface area contributed by atoms with Crippen molar-refractivity contribution in [2.75, 3.05) is 25.1 Å². The average molecular weight is 561 g/mol. The van der Waals surface area contributed by atoms with Crippen LogP contribution in [0.4, 0.5) is 5.69 Å². The molecule has 0 radical (unpaired) electrons. The molecule has 3 aromatic carbocycles. The first kappa shape index (κ1) is 26.7. The van der Waals surface area contributed by atoms with Crippen molar-refractivity contribution in [1.29, 1.82) is 0 Å². The molecule has 8 heteroatoms. The van der Waals surface area contributed by atoms with Gasteiger partial charge in [-0.25, -0.2) is 0 Å². The Bertz CT molecular complexity index is 1440. The first-order chi connectivity index (χ1) is 19.2. The third-order valence-corrected chi connectivity index (χ3v) is 8.21. The van der Waals surface area contributed by atoms with Crippen molar-refractivity contribution in [3.63, 3.8) is 0 Å². The SMILES string of the molecule is COc1cc2c(cc1OC(C)C)[C@H](c1ccc(Cl)cc1)N(c1ccc(C3(O)CN(C(=O)C4CC4)C3)cc1)C(=O)C2. The normalized spacial score (nSPS) is 19.8. The van der Waals surface area contributed by atoms with Gasteiger partial charge in [-0.15, -0.1) is 0 Å². The van der Waals surface area contributed by atoms with Gasteiger partial charge in [0.05, 0.1) is 38.8 Å². The minimum Gasteiger partial charge on any atom is -0.493 e. The average Bonchev–Trinajstić information content (AvgIpc) is 3.76. The quantitative estimate of drug-likeness (QED) is 0.427. The fourth-order valence-corrected chi connectivity index (χ4v) is 5.90. The molecule has 40 heavy (non-hydrogen) atoms. The van der Waals surface area contributed by atoms with Gasteiger partial charge >= 0.3 is 0 Å². The molecule has 1 saturated carbocycles. The lowest BCUT2D eigenvalue weighted by Crippen LogP contribution is -2.61. The van der Waals surface area contributed by atoms with Crippen molar-refractivity contribution in [3.8, 4) is 11.5 Å². The molecule has 3 aromatic rings. The van der Waals surface area contributed by atoms with Gasteiger partial charge in [0.2, 0.25) is 11.8 Å². The van der Waals surface area contributed by atoms with E-state index in [0.717, 1.165) is 40.8 Å². The van der Waals surface area contributed by atoms with Crippen molar-refractivity contribution < 1.29 is 24.2 Å². The summed E-state index contributed by atoms with van der Waals surface area (Å²) in [7, 11) is 1.60. The number of nitrogens with zero attached hydrogens (tertiary/aromatic N) is 2. The molecule has 2 aliphatic heterocycles. The third kappa shape index (κ3) is 4.82. The maximum absolute atomic E-state index is 13.7. The summed E-state index contributed by atoms with van der Waals surface area (Å²) in [4.78, 5) is 29.6. The van der Waals surface area contributed by atoms with Crippen molar-refractivity contribution in [2.45, 2.75) is 50.9 Å². The van der Waals surface area contributed by atoms with E-state index in [1.807, 2.05) is 74.5 Å². The molecule has 0 aromatic heterocycles. The Labute approximate surface area is 239 Å². The number of hydrogen-bond donors (Lipinski definition) is 1. The van der Waals surface area contributed by atoms with Gasteiger partial charge in [-0.3, -0.25) is 9.59 Å². The van der Waals surface area contributed by atoms with E-state index in [0.29, 0.717) is 29.6 Å². The van der Waals surface area contributed by atoms with Crippen LogP contribution in [0.3, 0.4) is 0 Å². The van der Waals surface area contributed by atoms with Crippen molar-refractivity contribution in [2.24, 2.45) is 5.92 Å². The highest BCUT2D eigenvalue weighted by Crippen LogP contribution is 2.44. The minimum absolute atomic E-state index is 0.0525. The number of halogens is 1. The Balaban J connectivity index is 1.36. The van der Waals surface area contributed by atoms with E-state index in [1.165, 1.54) is 0 Å². The summed E-state index contributed by atoms with van der Waals surface area (Å²) < 4.78 is 11.7. The van der Waals surface area contributed by atoms with Gasteiger partial charge in [0.15, 0.2) is 11.5 Å². The number of rotatable bonds is 7. The molecule has 6 rings (SSSR count). The van der Waals surface area contributed by atoms with Gasteiger partial charge in [0.25, 0.3) is 0 Å². The molecule has 208 valence electrons. The molecule has 0 unspecified atom stereocenters. The number of carbonyl (C=O) groups excluding carboxylic acids is 2. The molecule has 0 bridgehead atoms. The summed E-state index contributed by atoms with van der Waals surface area (Å²) in [5, 5.41) is 11.8. The van der Waals surface area contributed by atoms with Crippen molar-refractivity contribution in [1.82, 2.24) is 4.90 Å². The smallest absolute Gasteiger partial charge is 0.232 e. The van der Waals surface area contributed by atoms with Gasteiger partial charge in [-0.1, -0.05) is 35.9 Å². The number of β-amino-alcohol motifs (C(OH)–C–C–N with tert-alkyl or cyclic N) is 1. The zero-order valence-electron chi connectivity index (χ0n) is 22.9. The van der Waals surface area contributed by atoms with E-state index in [2.05, 4.69) is 0 Å². The van der Waals surface area contributed by atoms with Crippen LogP contribution in [0, 0.1) is 5.92 Å². The largest absolute Gasteiger partial charge is 0.493 e. The molecule has 2 amide bonds. The number of amides is 2. The van der Waals surface area contributed by atoms with Gasteiger partial charge < -0.3 is 24.4 Å². The molecule has 2 heterocycles. The van der Waals surface area contributed by atoms with Crippen LogP contribution in [-0.4, -0.2) is 48.1 Å². The van der Waals surface area contributed by atoms with Crippen molar-refractivity contribution in [3.05, 3.63) is 87.9 Å². The Morgan fingerprint density at radius 3 is 2.30 bits per heavy atom. The number of benzene rings is 3. The summed E-state index contributed by atoms with van der Waals surface area (Å²) in [6.45, 7) is 4.52. The van der Waals surface area contributed by atoms with E-state index >= 15 is 0 Å². The highest BCUT2D eigenvalue weighted by Gasteiger charge is 2.48. The van der Waals surface area contributed by atoms with E-state index in [4.69, 9.17) is 21.1 Å². The number of aliphatic hydroxyl groups is 1. The van der Waals surface area contributed by atoms with Crippen LogP contribution in [0.2, 0.25) is 5.02 Å². The van der Waals surface area contributed by atoms with Crippen LogP contribution in [0.1, 0.15) is 55.0 Å². The first-order valence-electron chi connectivity index (χ1n) is 13.7. The standard InChI is InChI=1S/C32H33ClN2O5/c1-19(2)40-28-16-26-22(14-27(28)39-3)15-29(36)35(30(26)20-6-10-24(33)11-7-20)25-12-8-23(9-13-25)32(38)17-34(18-32)31(37)21-4-5-21/h6-14,16,19,21,30,38H,4-5,15,17-18H2,1-3H3/t30-/m0/s1. The van der Waals surface area contributed by atoms with Crippen LogP contribution >= 0.6 is 11.6 Å². The summed E-state index contributed by atoms with van der Waals surface area (Å²) in [5.41, 5.74) is 3.13. The molecule has 1 N–H and O–H groups in total. The van der Waals surface area contributed by atoms with Crippen LogP contribution in [0.5, 0.6) is 11.5 Å². The Morgan fingerprint density at radius 1 is 1.02 bits per heavy atom. The topological polar surface area (TPSA) is 79.3 Å². The number of fused-ring (bicyclic) bond motifs is 1. The molecule has 1 aliphatic carbocycles. The molecule has 1 saturated heterocycles. The number of anilines is 1. The third-order valence-electron chi connectivity index (χ3n) is 7.96. The molecule has 2 fully saturated rings. The number of carbonyl (C=O) groups is 2. The molecule has 0 spiro atoms. The zero-order valence-corrected chi connectivity index (χ0v) is 23.6. The second-order valence-corrected chi connectivity index (χ2v) is 11.7. The monoisotopic (exact) mass is 560 g/mol. The highest BCUT2D eigenvalue weighted by atomic mass is 35.5. The Morgan fingerprint density at radius 2 is 1.70 bits per heavy atom. The molecular weight excluding hydrogens is 528 g/mol. The molecule has 3 aliphatic rings. The van der Waals surface area contributed by atoms with Gasteiger partial charge in [0, 0.05) is 16.6 Å². The predicted molar refractivity (Wildman–Crippen MR) is 153 cm³/mol. The zero-order chi connectivity index (χ0) is 28.2. The number of methoxy groups -OCH3 is 1. The van der Waals surface area contributed by atoms with Crippen LogP contribution in [0.25, 0.3) is 0 Å². The number of likely N-dealkylation sites (tertiary alicyclic amines) is 1. The van der Waals surface area contributed by atoms with E-state index < -0.39 is 11.6 Å². The lowest BCUT2D eigenvalue weighted by Gasteiger charge is -2.47. The Hall–Kier alpha value is -3.55. The highest BCUT2D eigenvalue weighted by molar-refractivity contribution is 6.30. The summed E-state index contributed by atoms with van der Waals surface area (Å²) in [6.07, 6.45) is 2.05. The predicted octanol–water partition coefficient (Wildman–Crippen LogP) is 5.25. The second-order valence-electron chi connectivity index (χ2n) is 11.3. The number of hydrogen-bond acceptors (Lipinski definition) is 5. The van der Waals surface area contributed by atoms with Crippen LogP contribution in [-0.2, 0) is 21.6 Å². The summed E-state index contributed by atoms with van der Waals surface area (Å²) >= 11 is 6.22. The Kier molecular flexibility index (Phi) is 6.75. The molecule has 1 atom stereocenters. The summed E-state index contributed by atoms with van der Waals surface area (Å²) in [6, 6.07) is 18.4. The number of ether oxygens (including phenoxy) is 2. The molecular formula is C32H33ClN2O5. The van der Waals surface area contributed by atoms with E-state index in [-0.39, 0.29) is 30.3 Å².